The van der Waals surface area contributed by atoms with Gasteiger partial charge in [-0.05, 0) is 112 Å². The highest BCUT2D eigenvalue weighted by Gasteiger charge is 2.20. The van der Waals surface area contributed by atoms with Crippen molar-refractivity contribution in [2.24, 2.45) is 0 Å². The van der Waals surface area contributed by atoms with Gasteiger partial charge in [-0.3, -0.25) is 0 Å². The lowest BCUT2D eigenvalue weighted by Gasteiger charge is -2.22. The van der Waals surface area contributed by atoms with E-state index in [1.54, 1.807) is 0 Å². The van der Waals surface area contributed by atoms with E-state index < -0.39 is 0 Å². The topological polar surface area (TPSA) is 4.93 Å². The van der Waals surface area contributed by atoms with Gasteiger partial charge in [0.05, 0.1) is 11.0 Å². The number of rotatable bonds is 8. The van der Waals surface area contributed by atoms with E-state index >= 15 is 0 Å². The molecule has 7 aromatic carbocycles. The number of fused-ring (bicyclic) bond motifs is 3. The van der Waals surface area contributed by atoms with E-state index in [4.69, 9.17) is 0 Å². The quantitative estimate of drug-likeness (QED) is 0.150. The highest BCUT2D eigenvalue weighted by molar-refractivity contribution is 6.10. The summed E-state index contributed by atoms with van der Waals surface area (Å²) in [5.74, 6) is 0.707. The summed E-state index contributed by atoms with van der Waals surface area (Å²) in [7, 11) is 0. The fourth-order valence-corrected chi connectivity index (χ4v) is 8.46. The lowest BCUT2D eigenvalue weighted by Crippen LogP contribution is -2.03. The Morgan fingerprint density at radius 1 is 0.566 bits per heavy atom. The molecule has 1 heterocycles. The molecular formula is C52H43N. The largest absolute Gasteiger partial charge is 0.309 e. The zero-order valence-corrected chi connectivity index (χ0v) is 30.4. The molecule has 8 aromatic rings. The van der Waals surface area contributed by atoms with Gasteiger partial charge in [-0.2, -0.15) is 0 Å². The van der Waals surface area contributed by atoms with Crippen LogP contribution < -0.4 is 0 Å². The molecule has 0 fully saturated rings. The van der Waals surface area contributed by atoms with Crippen molar-refractivity contribution in [3.63, 3.8) is 0 Å². The van der Waals surface area contributed by atoms with Crippen LogP contribution in [0.5, 0.6) is 0 Å². The van der Waals surface area contributed by atoms with E-state index in [2.05, 4.69) is 207 Å². The maximum atomic E-state index is 2.44. The standard InChI is InChI=1S/C52H43N/c1-3-45(40-29-27-39(28-30-40)37-15-6-4-7-16-37)46-21-10-11-22-47(46)49-34-42(26-25-36(49)2)43-31-32-52-50(35-43)48-23-12-13-24-51(48)53(52)44-20-14-19-41(33-44)38-17-8-5-9-18-38/h4-17,19-35,38,45H,3,18H2,1-2H3. The van der Waals surface area contributed by atoms with Gasteiger partial charge in [-0.15, -0.1) is 0 Å². The highest BCUT2D eigenvalue weighted by atomic mass is 15.0. The van der Waals surface area contributed by atoms with Crippen molar-refractivity contribution in [2.75, 3.05) is 0 Å². The summed E-state index contributed by atoms with van der Waals surface area (Å²) in [5, 5.41) is 2.55. The Bertz CT molecular complexity index is 2630. The van der Waals surface area contributed by atoms with Crippen LogP contribution in [0.1, 0.15) is 53.9 Å². The van der Waals surface area contributed by atoms with E-state index in [-0.39, 0.29) is 0 Å². The maximum absolute atomic E-state index is 2.44. The van der Waals surface area contributed by atoms with Crippen LogP contribution in [0.4, 0.5) is 0 Å². The minimum atomic E-state index is 0.297. The van der Waals surface area contributed by atoms with E-state index in [0.29, 0.717) is 11.8 Å². The van der Waals surface area contributed by atoms with Crippen LogP contribution in [-0.4, -0.2) is 4.57 Å². The van der Waals surface area contributed by atoms with Crippen molar-refractivity contribution in [1.29, 1.82) is 0 Å². The molecule has 1 aromatic heterocycles. The molecule has 0 aliphatic heterocycles. The van der Waals surface area contributed by atoms with E-state index in [9.17, 15) is 0 Å². The molecule has 1 aliphatic rings. The second-order valence-electron chi connectivity index (χ2n) is 14.4. The Morgan fingerprint density at radius 2 is 1.28 bits per heavy atom. The van der Waals surface area contributed by atoms with Gasteiger partial charge in [0, 0.05) is 28.3 Å². The summed E-state index contributed by atoms with van der Waals surface area (Å²) >= 11 is 0. The molecule has 0 saturated heterocycles. The molecule has 9 rings (SSSR count). The molecule has 0 radical (unpaired) electrons. The first-order valence-electron chi connectivity index (χ1n) is 19.0. The number of allylic oxidation sites excluding steroid dienone is 4. The number of para-hydroxylation sites is 1. The minimum Gasteiger partial charge on any atom is -0.309 e. The zero-order valence-electron chi connectivity index (χ0n) is 30.4. The molecular weight excluding hydrogens is 639 g/mol. The van der Waals surface area contributed by atoms with Gasteiger partial charge in [-0.25, -0.2) is 0 Å². The first kappa shape index (κ1) is 32.7. The summed E-state index contributed by atoms with van der Waals surface area (Å²) in [5.41, 5.74) is 16.6. The molecule has 0 amide bonds. The second kappa shape index (κ2) is 14.1. The monoisotopic (exact) mass is 681 g/mol. The molecule has 2 atom stereocenters. The van der Waals surface area contributed by atoms with E-state index in [1.807, 2.05) is 0 Å². The SMILES string of the molecule is CCC(c1ccc(-c2ccccc2)cc1)c1ccccc1-c1cc(-c2ccc3c(c2)c2ccccc2n3-c2cccc(C3C=CC=CC3)c2)ccc1C. The fraction of sp³-hybridized carbons (Fsp3) is 0.115. The molecule has 0 bridgehead atoms. The van der Waals surface area contributed by atoms with Gasteiger partial charge < -0.3 is 4.57 Å². The minimum absolute atomic E-state index is 0.297. The third kappa shape index (κ3) is 6.13. The van der Waals surface area contributed by atoms with Gasteiger partial charge in [0.25, 0.3) is 0 Å². The summed E-state index contributed by atoms with van der Waals surface area (Å²) in [6, 6.07) is 60.8. The smallest absolute Gasteiger partial charge is 0.0541 e. The molecule has 0 N–H and O–H groups in total. The summed E-state index contributed by atoms with van der Waals surface area (Å²) < 4.78 is 2.44. The van der Waals surface area contributed by atoms with Crippen LogP contribution in [0.25, 0.3) is 60.9 Å². The fourth-order valence-electron chi connectivity index (χ4n) is 8.46. The van der Waals surface area contributed by atoms with Crippen LogP contribution in [0.2, 0.25) is 0 Å². The van der Waals surface area contributed by atoms with Gasteiger partial charge in [-0.1, -0.05) is 159 Å². The average Bonchev–Trinajstić information content (AvgIpc) is 3.56. The molecule has 1 aliphatic carbocycles. The highest BCUT2D eigenvalue weighted by Crippen LogP contribution is 2.40. The Morgan fingerprint density at radius 3 is 2.11 bits per heavy atom. The van der Waals surface area contributed by atoms with Crippen molar-refractivity contribution in [1.82, 2.24) is 4.57 Å². The van der Waals surface area contributed by atoms with Crippen molar-refractivity contribution in [2.45, 2.75) is 38.5 Å². The molecule has 53 heavy (non-hydrogen) atoms. The van der Waals surface area contributed by atoms with E-state index in [0.717, 1.165) is 12.8 Å². The number of hydrogen-bond acceptors (Lipinski definition) is 0. The average molecular weight is 682 g/mol. The number of aromatic nitrogens is 1. The second-order valence-corrected chi connectivity index (χ2v) is 14.4. The van der Waals surface area contributed by atoms with Crippen LogP contribution in [0.3, 0.4) is 0 Å². The number of nitrogens with zero attached hydrogens (tertiary/aromatic N) is 1. The Labute approximate surface area is 313 Å². The third-order valence-corrected chi connectivity index (χ3v) is 11.2. The number of hydrogen-bond donors (Lipinski definition) is 0. The molecule has 2 unspecified atom stereocenters. The lowest BCUT2D eigenvalue weighted by atomic mass is 9.82. The van der Waals surface area contributed by atoms with Crippen molar-refractivity contribution < 1.29 is 0 Å². The normalized spacial score (nSPS) is 14.6. The Balaban J connectivity index is 1.10. The van der Waals surface area contributed by atoms with Gasteiger partial charge >= 0.3 is 0 Å². The van der Waals surface area contributed by atoms with Crippen LogP contribution >= 0.6 is 0 Å². The molecule has 1 heteroatoms. The lowest BCUT2D eigenvalue weighted by molar-refractivity contribution is 0.779. The van der Waals surface area contributed by atoms with Crippen LogP contribution in [0.15, 0.2) is 188 Å². The first-order chi connectivity index (χ1) is 26.2. The predicted molar refractivity (Wildman–Crippen MR) is 226 cm³/mol. The Kier molecular flexibility index (Phi) is 8.70. The molecule has 256 valence electrons. The summed E-state index contributed by atoms with van der Waals surface area (Å²) in [6.45, 7) is 4.55. The number of benzene rings is 7. The van der Waals surface area contributed by atoms with Gasteiger partial charge in [0.2, 0.25) is 0 Å². The molecule has 0 spiro atoms. The Hall–Kier alpha value is -6.18. The summed E-state index contributed by atoms with van der Waals surface area (Å²) in [6.07, 6.45) is 11.0. The number of aryl methyl sites for hydroxylation is 1. The maximum Gasteiger partial charge on any atom is 0.0541 e. The van der Waals surface area contributed by atoms with Crippen LogP contribution in [-0.2, 0) is 0 Å². The zero-order chi connectivity index (χ0) is 35.7. The van der Waals surface area contributed by atoms with Crippen molar-refractivity contribution in [3.8, 4) is 39.1 Å². The van der Waals surface area contributed by atoms with Crippen molar-refractivity contribution >= 4 is 21.8 Å². The van der Waals surface area contributed by atoms with Crippen LogP contribution in [0, 0.1) is 6.92 Å². The first-order valence-corrected chi connectivity index (χ1v) is 19.0. The van der Waals surface area contributed by atoms with Gasteiger partial charge in [0.15, 0.2) is 0 Å². The van der Waals surface area contributed by atoms with Gasteiger partial charge in [0.1, 0.15) is 0 Å². The molecule has 1 nitrogen and oxygen atoms in total. The molecule has 0 saturated carbocycles. The van der Waals surface area contributed by atoms with E-state index in [1.165, 1.54) is 83.1 Å². The summed E-state index contributed by atoms with van der Waals surface area (Å²) in [4.78, 5) is 0. The van der Waals surface area contributed by atoms with Crippen molar-refractivity contribution in [3.05, 3.63) is 210 Å². The third-order valence-electron chi connectivity index (χ3n) is 11.2. The predicted octanol–water partition coefficient (Wildman–Crippen LogP) is 14.2.